The Morgan fingerprint density at radius 3 is 2.31 bits per heavy atom. The molecule has 1 unspecified atom stereocenters. The lowest BCUT2D eigenvalue weighted by molar-refractivity contribution is -0.134. The van der Waals surface area contributed by atoms with E-state index in [1.54, 1.807) is 54.7 Å². The summed E-state index contributed by atoms with van der Waals surface area (Å²) in [4.78, 5) is 65.5. The number of urea groups is 1. The van der Waals surface area contributed by atoms with Gasteiger partial charge in [0.05, 0.1) is 36.3 Å². The lowest BCUT2D eigenvalue weighted by Crippen LogP contribution is -2.39. The molecule has 6 aromatic rings. The van der Waals surface area contributed by atoms with Gasteiger partial charge < -0.3 is 9.64 Å². The van der Waals surface area contributed by atoms with Crippen molar-refractivity contribution in [3.05, 3.63) is 131 Å². The minimum Gasteiger partial charge on any atom is -0.496 e. The Kier molecular flexibility index (Phi) is 10.9. The number of aromatic nitrogens is 5. The van der Waals surface area contributed by atoms with E-state index in [9.17, 15) is 19.2 Å². The molecule has 0 radical (unpaired) electrons. The number of hydrogen-bond acceptors (Lipinski definition) is 9. The van der Waals surface area contributed by atoms with Crippen LogP contribution in [0.25, 0.3) is 27.9 Å². The van der Waals surface area contributed by atoms with E-state index in [-0.39, 0.29) is 41.7 Å². The highest BCUT2D eigenvalue weighted by Crippen LogP contribution is 2.44. The summed E-state index contributed by atoms with van der Waals surface area (Å²) in [5, 5.41) is 6.72. The molecule has 6 heterocycles. The summed E-state index contributed by atoms with van der Waals surface area (Å²) in [6, 6.07) is 22.5. The monoisotopic (exact) mass is 835 g/mol. The van der Waals surface area contributed by atoms with E-state index in [4.69, 9.17) is 9.72 Å². The predicted molar refractivity (Wildman–Crippen MR) is 233 cm³/mol. The molecule has 0 bridgehead atoms. The number of nitrogens with one attached hydrogen (secondary N) is 1. The summed E-state index contributed by atoms with van der Waals surface area (Å²) in [5.74, 6) is -0.169. The second-order valence-electron chi connectivity index (χ2n) is 15.9. The largest absolute Gasteiger partial charge is 0.496 e. The first-order valence-corrected chi connectivity index (χ1v) is 20.9. The van der Waals surface area contributed by atoms with E-state index in [1.807, 2.05) is 41.3 Å². The van der Waals surface area contributed by atoms with Crippen LogP contribution in [-0.2, 0) is 23.1 Å². The number of carbonyl (C=O) groups excluding carboxylic acids is 3. The number of methoxy groups -OCH3 is 1. The lowest BCUT2D eigenvalue weighted by Gasteiger charge is -2.34. The molecule has 1 N–H and O–H groups in total. The number of aryl methyl sites for hydroxylation is 1. The number of benzene rings is 3. The number of piperidine rings is 2. The van der Waals surface area contributed by atoms with E-state index in [0.29, 0.717) is 67.5 Å². The van der Waals surface area contributed by atoms with Gasteiger partial charge in [0.2, 0.25) is 11.8 Å². The molecule has 15 heteroatoms. The molecule has 4 amide bonds. The third-order valence-electron chi connectivity index (χ3n) is 12.4. The van der Waals surface area contributed by atoms with Crippen LogP contribution < -0.4 is 30.4 Å². The van der Waals surface area contributed by atoms with E-state index in [1.165, 1.54) is 21.6 Å². The summed E-state index contributed by atoms with van der Waals surface area (Å²) in [7, 11) is 3.30. The zero-order valence-electron chi connectivity index (χ0n) is 34.8. The maximum absolute atomic E-state index is 15.6. The van der Waals surface area contributed by atoms with E-state index < -0.39 is 5.92 Å². The molecule has 0 aliphatic carbocycles. The van der Waals surface area contributed by atoms with Crippen LogP contribution in [-0.4, -0.2) is 75.4 Å². The quantitative estimate of drug-likeness (QED) is 0.148. The number of amides is 4. The average Bonchev–Trinajstić information content (AvgIpc) is 3.85. The normalized spacial score (nSPS) is 17.2. The fourth-order valence-electron chi connectivity index (χ4n) is 9.12. The Hall–Kier alpha value is -7.16. The van der Waals surface area contributed by atoms with Gasteiger partial charge in [0.1, 0.15) is 23.7 Å². The highest BCUT2D eigenvalue weighted by molar-refractivity contribution is 6.06. The van der Waals surface area contributed by atoms with Crippen molar-refractivity contribution < 1.29 is 23.5 Å². The van der Waals surface area contributed by atoms with Gasteiger partial charge in [-0.3, -0.25) is 34.3 Å². The van der Waals surface area contributed by atoms with Gasteiger partial charge in [0, 0.05) is 63.2 Å². The van der Waals surface area contributed by atoms with Crippen LogP contribution in [0.4, 0.5) is 26.4 Å². The number of anilines is 3. The Bertz CT molecular complexity index is 2760. The highest BCUT2D eigenvalue weighted by Gasteiger charge is 2.34. The summed E-state index contributed by atoms with van der Waals surface area (Å²) >= 11 is 0. The molecule has 3 fully saturated rings. The summed E-state index contributed by atoms with van der Waals surface area (Å²) in [6.45, 7) is 4.29. The number of rotatable bonds is 10. The number of nitrogens with zero attached hydrogens (tertiary/aromatic N) is 8. The fraction of sp³-hybridized carbons (Fsp3) is 0.298. The van der Waals surface area contributed by atoms with Gasteiger partial charge in [-0.1, -0.05) is 31.2 Å². The third-order valence-corrected chi connectivity index (χ3v) is 12.4. The SMILES string of the molecule is CCc1c(-c2ccc(-n3ncn(C)c3=O)cc2-c2ccc(C3CCN(c4ccc(C5CCC(=O)NC5=O)cc4F)CC3)cc2OC)ccnc1N1CCN(c2cccnc2)C1=O. The Labute approximate surface area is 357 Å². The van der Waals surface area contributed by atoms with Gasteiger partial charge in [-0.15, -0.1) is 0 Å². The molecule has 9 rings (SSSR count). The van der Waals surface area contributed by atoms with Gasteiger partial charge in [-0.2, -0.15) is 9.78 Å². The number of pyridine rings is 2. The standard InChI is InChI=1S/C47H46FN9O5/c1-4-34-37(15-19-50-44(34)56-23-22-55(47(56)61)33-6-5-18-49-27-33)36-11-9-32(57-46(60)53(2)28-51-57)26-39(36)38-10-7-30(25-42(38)62-3)29-16-20-54(21-17-29)41-13-8-31(24-40(41)48)35-12-14-43(58)52-45(35)59/h5-11,13,15,18-19,24-29,35H,4,12,14,16-17,20-23H2,1-3H3,(H,52,58,59). The number of hydrogen-bond donors (Lipinski definition) is 1. The van der Waals surface area contributed by atoms with Gasteiger partial charge in [0.25, 0.3) is 0 Å². The molecule has 1 atom stereocenters. The lowest BCUT2D eigenvalue weighted by atomic mass is 9.86. The van der Waals surface area contributed by atoms with Crippen LogP contribution in [0.2, 0.25) is 0 Å². The Morgan fingerprint density at radius 1 is 0.806 bits per heavy atom. The first-order valence-electron chi connectivity index (χ1n) is 20.9. The van der Waals surface area contributed by atoms with Crippen molar-refractivity contribution in [3.8, 4) is 33.7 Å². The number of carbonyl (C=O) groups is 3. The third kappa shape index (κ3) is 7.37. The second kappa shape index (κ2) is 16.7. The van der Waals surface area contributed by atoms with Gasteiger partial charge >= 0.3 is 11.7 Å². The maximum atomic E-state index is 15.6. The topological polar surface area (TPSA) is 148 Å². The average molecular weight is 836 g/mol. The first kappa shape index (κ1) is 40.3. The molecule has 3 aliphatic heterocycles. The van der Waals surface area contributed by atoms with Crippen LogP contribution in [0.3, 0.4) is 0 Å². The van der Waals surface area contributed by atoms with Gasteiger partial charge in [0.15, 0.2) is 0 Å². The van der Waals surface area contributed by atoms with Crippen molar-refractivity contribution in [2.45, 2.75) is 50.9 Å². The minimum absolute atomic E-state index is 0.168. The number of imide groups is 1. The van der Waals surface area contributed by atoms with Crippen molar-refractivity contribution in [1.29, 1.82) is 0 Å². The smallest absolute Gasteiger partial charge is 0.350 e. The van der Waals surface area contributed by atoms with Crippen LogP contribution in [0, 0.1) is 5.82 Å². The van der Waals surface area contributed by atoms with Gasteiger partial charge in [-0.05, 0) is 108 Å². The van der Waals surface area contributed by atoms with Crippen molar-refractivity contribution in [2.75, 3.05) is 48.0 Å². The van der Waals surface area contributed by atoms with Gasteiger partial charge in [-0.25, -0.2) is 19.0 Å². The molecule has 14 nitrogen and oxygen atoms in total. The zero-order valence-corrected chi connectivity index (χ0v) is 34.8. The Balaban J connectivity index is 1.02. The van der Waals surface area contributed by atoms with Crippen molar-refractivity contribution in [3.63, 3.8) is 0 Å². The van der Waals surface area contributed by atoms with Crippen LogP contribution in [0.15, 0.2) is 103 Å². The molecule has 3 aromatic heterocycles. The predicted octanol–water partition coefficient (Wildman–Crippen LogP) is 6.76. The summed E-state index contributed by atoms with van der Waals surface area (Å²) in [6.07, 6.45) is 9.35. The molecule has 316 valence electrons. The zero-order chi connectivity index (χ0) is 43.1. The van der Waals surface area contributed by atoms with Crippen LogP contribution in [0.5, 0.6) is 5.75 Å². The van der Waals surface area contributed by atoms with E-state index >= 15 is 4.39 Å². The molecular weight excluding hydrogens is 790 g/mol. The van der Waals surface area contributed by atoms with Crippen molar-refractivity contribution in [1.82, 2.24) is 29.6 Å². The van der Waals surface area contributed by atoms with Crippen LogP contribution in [0.1, 0.15) is 61.1 Å². The molecule has 3 aromatic carbocycles. The van der Waals surface area contributed by atoms with E-state index in [0.717, 1.165) is 51.9 Å². The molecular formula is C47H46FN9O5. The highest BCUT2D eigenvalue weighted by atomic mass is 19.1. The Morgan fingerprint density at radius 2 is 1.60 bits per heavy atom. The van der Waals surface area contributed by atoms with E-state index in [2.05, 4.69) is 40.5 Å². The minimum atomic E-state index is -0.544. The molecule has 62 heavy (non-hydrogen) atoms. The molecule has 0 saturated carbocycles. The number of halogens is 1. The van der Waals surface area contributed by atoms with Crippen LogP contribution >= 0.6 is 0 Å². The number of ether oxygens (including phenoxy) is 1. The van der Waals surface area contributed by atoms with Crippen molar-refractivity contribution >= 4 is 35.0 Å². The first-order chi connectivity index (χ1) is 30.1. The van der Waals surface area contributed by atoms with Crippen molar-refractivity contribution in [2.24, 2.45) is 7.05 Å². The molecule has 3 saturated heterocycles. The summed E-state index contributed by atoms with van der Waals surface area (Å²) in [5.41, 5.74) is 7.50. The molecule has 0 spiro atoms. The molecule has 3 aliphatic rings. The fourth-order valence-corrected chi connectivity index (χ4v) is 9.12. The second-order valence-corrected chi connectivity index (χ2v) is 15.9. The maximum Gasteiger partial charge on any atom is 0.350 e. The summed E-state index contributed by atoms with van der Waals surface area (Å²) < 4.78 is 24.5.